The molecule has 0 aliphatic rings. The summed E-state index contributed by atoms with van der Waals surface area (Å²) in [6.07, 6.45) is 2.22. The van der Waals surface area contributed by atoms with Crippen LogP contribution >= 0.6 is 11.6 Å². The van der Waals surface area contributed by atoms with E-state index in [9.17, 15) is 0 Å². The quantitative estimate of drug-likeness (QED) is 0.712. The van der Waals surface area contributed by atoms with Crippen LogP contribution in [0.2, 0.25) is 5.02 Å². The molecule has 0 saturated carbocycles. The standard InChI is InChI=1S/C15H24ClNO/c1-4-5-9-18-15-8-6-7-14(16)13(15)11-17-10-12(2)3/h6-8,12,17H,4-5,9-11H2,1-3H3. The molecule has 0 fully saturated rings. The van der Waals surface area contributed by atoms with Gasteiger partial charge in [-0.05, 0) is 31.0 Å². The molecule has 0 bridgehead atoms. The maximum absolute atomic E-state index is 6.24. The Morgan fingerprint density at radius 2 is 2.11 bits per heavy atom. The summed E-state index contributed by atoms with van der Waals surface area (Å²) in [5.74, 6) is 1.55. The SMILES string of the molecule is CCCCOc1cccc(Cl)c1CNCC(C)C. The van der Waals surface area contributed by atoms with Crippen molar-refractivity contribution in [1.29, 1.82) is 0 Å². The van der Waals surface area contributed by atoms with Gasteiger partial charge in [-0.15, -0.1) is 0 Å². The van der Waals surface area contributed by atoms with Gasteiger partial charge in [0.1, 0.15) is 5.75 Å². The molecule has 102 valence electrons. The molecule has 0 amide bonds. The molecule has 0 aromatic heterocycles. The first-order valence-corrected chi connectivity index (χ1v) is 7.13. The van der Waals surface area contributed by atoms with Gasteiger partial charge in [0.15, 0.2) is 0 Å². The smallest absolute Gasteiger partial charge is 0.125 e. The minimum atomic E-state index is 0.636. The predicted octanol–water partition coefficient (Wildman–Crippen LogP) is 4.26. The number of unbranched alkanes of at least 4 members (excludes halogenated alkanes) is 1. The molecule has 18 heavy (non-hydrogen) atoms. The summed E-state index contributed by atoms with van der Waals surface area (Å²) in [5, 5.41) is 4.19. The van der Waals surface area contributed by atoms with Crippen molar-refractivity contribution in [1.82, 2.24) is 5.32 Å². The molecule has 0 heterocycles. The maximum Gasteiger partial charge on any atom is 0.125 e. The Hall–Kier alpha value is -0.730. The summed E-state index contributed by atoms with van der Waals surface area (Å²) in [7, 11) is 0. The van der Waals surface area contributed by atoms with Crippen LogP contribution in [0, 0.1) is 5.92 Å². The highest BCUT2D eigenvalue weighted by atomic mass is 35.5. The summed E-state index contributed by atoms with van der Waals surface area (Å²) < 4.78 is 5.79. The van der Waals surface area contributed by atoms with Crippen LogP contribution in [0.25, 0.3) is 0 Å². The lowest BCUT2D eigenvalue weighted by Gasteiger charge is -2.14. The Balaban J connectivity index is 2.61. The molecule has 0 radical (unpaired) electrons. The third kappa shape index (κ3) is 5.28. The molecule has 0 atom stereocenters. The number of hydrogen-bond donors (Lipinski definition) is 1. The van der Waals surface area contributed by atoms with Crippen molar-refractivity contribution in [3.05, 3.63) is 28.8 Å². The fraction of sp³-hybridized carbons (Fsp3) is 0.600. The van der Waals surface area contributed by atoms with Crippen LogP contribution in [0.5, 0.6) is 5.75 Å². The summed E-state index contributed by atoms with van der Waals surface area (Å²) >= 11 is 6.24. The van der Waals surface area contributed by atoms with Crippen molar-refractivity contribution in [3.8, 4) is 5.75 Å². The van der Waals surface area contributed by atoms with Crippen molar-refractivity contribution < 1.29 is 4.74 Å². The molecule has 3 heteroatoms. The van der Waals surface area contributed by atoms with Gasteiger partial charge in [0.25, 0.3) is 0 Å². The second kappa shape index (κ2) is 8.39. The Labute approximate surface area is 116 Å². The molecule has 0 aliphatic heterocycles. The van der Waals surface area contributed by atoms with E-state index in [-0.39, 0.29) is 0 Å². The number of benzene rings is 1. The normalized spacial score (nSPS) is 10.9. The lowest BCUT2D eigenvalue weighted by Crippen LogP contribution is -2.19. The zero-order valence-corrected chi connectivity index (χ0v) is 12.4. The highest BCUT2D eigenvalue weighted by molar-refractivity contribution is 6.31. The highest BCUT2D eigenvalue weighted by Crippen LogP contribution is 2.26. The molecular formula is C15H24ClNO. The molecule has 0 spiro atoms. The van der Waals surface area contributed by atoms with Crippen LogP contribution in [-0.4, -0.2) is 13.2 Å². The summed E-state index contributed by atoms with van der Waals surface area (Å²) in [5.41, 5.74) is 1.07. The van der Waals surface area contributed by atoms with Crippen LogP contribution < -0.4 is 10.1 Å². The first kappa shape index (κ1) is 15.3. The van der Waals surface area contributed by atoms with Gasteiger partial charge in [0.2, 0.25) is 0 Å². The Bertz CT molecular complexity index is 352. The molecule has 1 N–H and O–H groups in total. The minimum absolute atomic E-state index is 0.636. The third-order valence-electron chi connectivity index (χ3n) is 2.69. The van der Waals surface area contributed by atoms with E-state index in [0.717, 1.165) is 48.9 Å². The number of hydrogen-bond acceptors (Lipinski definition) is 2. The van der Waals surface area contributed by atoms with Gasteiger partial charge in [0.05, 0.1) is 6.61 Å². The number of nitrogens with one attached hydrogen (secondary N) is 1. The van der Waals surface area contributed by atoms with Crippen LogP contribution in [0.1, 0.15) is 39.2 Å². The lowest BCUT2D eigenvalue weighted by atomic mass is 10.1. The lowest BCUT2D eigenvalue weighted by molar-refractivity contribution is 0.305. The topological polar surface area (TPSA) is 21.3 Å². The zero-order chi connectivity index (χ0) is 13.4. The van der Waals surface area contributed by atoms with E-state index in [0.29, 0.717) is 5.92 Å². The van der Waals surface area contributed by atoms with Gasteiger partial charge in [-0.25, -0.2) is 0 Å². The Morgan fingerprint density at radius 3 is 2.78 bits per heavy atom. The molecule has 0 unspecified atom stereocenters. The first-order valence-electron chi connectivity index (χ1n) is 6.76. The van der Waals surface area contributed by atoms with E-state index in [4.69, 9.17) is 16.3 Å². The fourth-order valence-electron chi connectivity index (χ4n) is 1.66. The van der Waals surface area contributed by atoms with Crippen molar-refractivity contribution in [2.75, 3.05) is 13.2 Å². The molecule has 1 aromatic carbocycles. The van der Waals surface area contributed by atoms with Crippen LogP contribution in [0.15, 0.2) is 18.2 Å². The van der Waals surface area contributed by atoms with Crippen molar-refractivity contribution >= 4 is 11.6 Å². The number of ether oxygens (including phenoxy) is 1. The summed E-state index contributed by atoms with van der Waals surface area (Å²) in [6, 6.07) is 5.85. The minimum Gasteiger partial charge on any atom is -0.493 e. The highest BCUT2D eigenvalue weighted by Gasteiger charge is 2.08. The monoisotopic (exact) mass is 269 g/mol. The van der Waals surface area contributed by atoms with Crippen LogP contribution in [-0.2, 0) is 6.54 Å². The van der Waals surface area contributed by atoms with Crippen molar-refractivity contribution in [2.24, 2.45) is 5.92 Å². The van der Waals surface area contributed by atoms with Crippen LogP contribution in [0.3, 0.4) is 0 Å². The van der Waals surface area contributed by atoms with Gasteiger partial charge in [-0.1, -0.05) is 44.9 Å². The van der Waals surface area contributed by atoms with Gasteiger partial charge in [-0.2, -0.15) is 0 Å². The predicted molar refractivity (Wildman–Crippen MR) is 78.4 cm³/mol. The fourth-order valence-corrected chi connectivity index (χ4v) is 1.89. The third-order valence-corrected chi connectivity index (χ3v) is 3.04. The first-order chi connectivity index (χ1) is 8.65. The van der Waals surface area contributed by atoms with Gasteiger partial charge in [0, 0.05) is 17.1 Å². The van der Waals surface area contributed by atoms with Crippen LogP contribution in [0.4, 0.5) is 0 Å². The molecule has 0 aliphatic carbocycles. The van der Waals surface area contributed by atoms with E-state index in [1.807, 2.05) is 18.2 Å². The zero-order valence-electron chi connectivity index (χ0n) is 11.6. The second-order valence-electron chi connectivity index (χ2n) is 4.94. The van der Waals surface area contributed by atoms with E-state index >= 15 is 0 Å². The number of rotatable bonds is 8. The van der Waals surface area contributed by atoms with E-state index in [1.165, 1.54) is 0 Å². The summed E-state index contributed by atoms with van der Waals surface area (Å²) in [6.45, 7) is 9.05. The average Bonchev–Trinajstić information content (AvgIpc) is 2.32. The molecule has 2 nitrogen and oxygen atoms in total. The Kier molecular flexibility index (Phi) is 7.14. The van der Waals surface area contributed by atoms with Gasteiger partial charge in [-0.3, -0.25) is 0 Å². The van der Waals surface area contributed by atoms with E-state index in [1.54, 1.807) is 0 Å². The van der Waals surface area contributed by atoms with Crippen molar-refractivity contribution in [2.45, 2.75) is 40.2 Å². The molecule has 1 aromatic rings. The van der Waals surface area contributed by atoms with Crippen molar-refractivity contribution in [3.63, 3.8) is 0 Å². The average molecular weight is 270 g/mol. The van der Waals surface area contributed by atoms with Gasteiger partial charge < -0.3 is 10.1 Å². The van der Waals surface area contributed by atoms with E-state index < -0.39 is 0 Å². The maximum atomic E-state index is 6.24. The van der Waals surface area contributed by atoms with Gasteiger partial charge >= 0.3 is 0 Å². The molecule has 1 rings (SSSR count). The summed E-state index contributed by atoms with van der Waals surface area (Å²) in [4.78, 5) is 0. The molecular weight excluding hydrogens is 246 g/mol. The number of halogens is 1. The largest absolute Gasteiger partial charge is 0.493 e. The van der Waals surface area contributed by atoms with E-state index in [2.05, 4.69) is 26.1 Å². The molecule has 0 saturated heterocycles. The Morgan fingerprint density at radius 1 is 1.33 bits per heavy atom. The second-order valence-corrected chi connectivity index (χ2v) is 5.35.